The van der Waals surface area contributed by atoms with Crippen LogP contribution >= 0.6 is 0 Å². The van der Waals surface area contributed by atoms with Gasteiger partial charge in [0, 0.05) is 29.0 Å². The van der Waals surface area contributed by atoms with Gasteiger partial charge in [-0.1, -0.05) is 19.0 Å². The lowest BCUT2D eigenvalue weighted by atomic mass is 9.98. The zero-order valence-corrected chi connectivity index (χ0v) is 12.8. The van der Waals surface area contributed by atoms with Crippen molar-refractivity contribution in [2.24, 2.45) is 5.11 Å². The average molecular weight is 269 g/mol. The topological polar surface area (TPSA) is 89.9 Å². The van der Waals surface area contributed by atoms with E-state index >= 15 is 0 Å². The Morgan fingerprint density at radius 2 is 1.89 bits per heavy atom. The number of rotatable bonds is 9. The van der Waals surface area contributed by atoms with Crippen LogP contribution in [0.4, 0.5) is 0 Å². The van der Waals surface area contributed by atoms with Crippen molar-refractivity contribution in [2.45, 2.75) is 64.5 Å². The van der Waals surface area contributed by atoms with Gasteiger partial charge in [-0.15, -0.1) is 0 Å². The number of carbonyl (C=O) groups excluding carboxylic acids is 1. The maximum Gasteiger partial charge on any atom is 0.220 e. The van der Waals surface area contributed by atoms with E-state index in [1.54, 1.807) is 0 Å². The van der Waals surface area contributed by atoms with E-state index in [0.29, 0.717) is 13.0 Å². The second-order valence-corrected chi connectivity index (χ2v) is 6.09. The average Bonchev–Trinajstić information content (AvgIpc) is 2.32. The van der Waals surface area contributed by atoms with Gasteiger partial charge in [-0.05, 0) is 45.7 Å². The molecule has 0 heterocycles. The third-order valence-electron chi connectivity index (χ3n) is 3.26. The molecule has 110 valence electrons. The first-order valence-electron chi connectivity index (χ1n) is 6.74. The molecule has 0 spiro atoms. The van der Waals surface area contributed by atoms with Crippen LogP contribution in [0.25, 0.3) is 10.4 Å². The predicted octanol–water partition coefficient (Wildman–Crippen LogP) is 2.75. The van der Waals surface area contributed by atoms with E-state index in [4.69, 9.17) is 5.53 Å². The first-order valence-corrected chi connectivity index (χ1v) is 6.74. The van der Waals surface area contributed by atoms with E-state index in [1.807, 2.05) is 20.9 Å². The van der Waals surface area contributed by atoms with Gasteiger partial charge in [0.2, 0.25) is 5.91 Å². The lowest BCUT2D eigenvalue weighted by Crippen LogP contribution is -2.37. The Labute approximate surface area is 116 Å². The maximum absolute atomic E-state index is 11.6. The molecule has 6 nitrogen and oxygen atoms in total. The highest BCUT2D eigenvalue weighted by atomic mass is 16.1. The molecule has 1 amide bonds. The van der Waals surface area contributed by atoms with Crippen molar-refractivity contribution in [3.05, 3.63) is 10.4 Å². The molecular formula is C13H27N5O. The summed E-state index contributed by atoms with van der Waals surface area (Å²) in [4.78, 5) is 14.5. The molecule has 0 aromatic heterocycles. The quantitative estimate of drug-likeness (QED) is 0.291. The fourth-order valence-corrected chi connectivity index (χ4v) is 1.56. The van der Waals surface area contributed by atoms with Crippen LogP contribution in [-0.4, -0.2) is 30.6 Å². The summed E-state index contributed by atoms with van der Waals surface area (Å²) in [7, 11) is 1.90. The van der Waals surface area contributed by atoms with Crippen molar-refractivity contribution in [1.82, 2.24) is 10.6 Å². The minimum absolute atomic E-state index is 0.0131. The van der Waals surface area contributed by atoms with Crippen LogP contribution < -0.4 is 10.6 Å². The first kappa shape index (κ1) is 17.7. The van der Waals surface area contributed by atoms with Crippen LogP contribution in [-0.2, 0) is 4.79 Å². The van der Waals surface area contributed by atoms with Gasteiger partial charge < -0.3 is 10.6 Å². The van der Waals surface area contributed by atoms with Crippen LogP contribution in [0.1, 0.15) is 53.4 Å². The molecule has 0 unspecified atom stereocenters. The van der Waals surface area contributed by atoms with E-state index in [-0.39, 0.29) is 17.0 Å². The monoisotopic (exact) mass is 269 g/mol. The molecule has 0 fully saturated rings. The SMILES string of the molecule is CNC(C)(C)CCC(=O)NCCCC(C)(C)N=[N+]=[N-]. The maximum atomic E-state index is 11.6. The number of nitrogens with one attached hydrogen (secondary N) is 2. The minimum atomic E-state index is -0.381. The van der Waals surface area contributed by atoms with Gasteiger partial charge in [0.15, 0.2) is 0 Å². The highest BCUT2D eigenvalue weighted by Crippen LogP contribution is 2.16. The van der Waals surface area contributed by atoms with Crippen molar-refractivity contribution in [3.63, 3.8) is 0 Å². The highest BCUT2D eigenvalue weighted by molar-refractivity contribution is 5.75. The van der Waals surface area contributed by atoms with Gasteiger partial charge in [0.1, 0.15) is 0 Å². The number of hydrogen-bond acceptors (Lipinski definition) is 3. The smallest absolute Gasteiger partial charge is 0.220 e. The fourth-order valence-electron chi connectivity index (χ4n) is 1.56. The van der Waals surface area contributed by atoms with Gasteiger partial charge in [-0.25, -0.2) is 0 Å². The van der Waals surface area contributed by atoms with Crippen LogP contribution in [0, 0.1) is 0 Å². The van der Waals surface area contributed by atoms with E-state index in [0.717, 1.165) is 19.3 Å². The third-order valence-corrected chi connectivity index (χ3v) is 3.26. The van der Waals surface area contributed by atoms with Crippen molar-refractivity contribution < 1.29 is 4.79 Å². The number of hydrogen-bond donors (Lipinski definition) is 2. The molecule has 0 bridgehead atoms. The number of amides is 1. The standard InChI is InChI=1S/C13H27N5O/c1-12(2,15-5)9-7-11(19)16-10-6-8-13(3,4)17-18-14/h15H,6-10H2,1-5H3,(H,16,19). The van der Waals surface area contributed by atoms with Gasteiger partial charge in [-0.3, -0.25) is 4.79 Å². The molecule has 0 aliphatic carbocycles. The van der Waals surface area contributed by atoms with Gasteiger partial charge in [0.05, 0.1) is 0 Å². The Hall–Kier alpha value is -1.26. The molecule has 0 aliphatic heterocycles. The Morgan fingerprint density at radius 1 is 1.26 bits per heavy atom. The molecule has 2 N–H and O–H groups in total. The molecule has 6 heteroatoms. The Bertz CT molecular complexity index is 332. The van der Waals surface area contributed by atoms with E-state index in [9.17, 15) is 4.79 Å². The molecule has 0 atom stereocenters. The van der Waals surface area contributed by atoms with E-state index in [2.05, 4.69) is 34.5 Å². The second-order valence-electron chi connectivity index (χ2n) is 6.09. The number of carbonyl (C=O) groups is 1. The largest absolute Gasteiger partial charge is 0.356 e. The van der Waals surface area contributed by atoms with Crippen molar-refractivity contribution >= 4 is 5.91 Å². The fraction of sp³-hybridized carbons (Fsp3) is 0.923. The molecule has 0 aliphatic rings. The van der Waals surface area contributed by atoms with Gasteiger partial charge in [-0.2, -0.15) is 0 Å². The van der Waals surface area contributed by atoms with Crippen LogP contribution in [0.5, 0.6) is 0 Å². The minimum Gasteiger partial charge on any atom is -0.356 e. The zero-order valence-electron chi connectivity index (χ0n) is 12.8. The number of nitrogens with zero attached hydrogens (tertiary/aromatic N) is 3. The Balaban J connectivity index is 3.79. The molecular weight excluding hydrogens is 242 g/mol. The van der Waals surface area contributed by atoms with E-state index < -0.39 is 0 Å². The second kappa shape index (κ2) is 8.02. The molecule has 0 radical (unpaired) electrons. The summed E-state index contributed by atoms with van der Waals surface area (Å²) in [6, 6.07) is 0. The molecule has 0 aromatic rings. The zero-order chi connectivity index (χ0) is 14.9. The van der Waals surface area contributed by atoms with Crippen molar-refractivity contribution in [3.8, 4) is 0 Å². The Kier molecular flexibility index (Phi) is 7.49. The summed E-state index contributed by atoms with van der Waals surface area (Å²) >= 11 is 0. The molecule has 0 rings (SSSR count). The van der Waals surface area contributed by atoms with E-state index in [1.165, 1.54) is 0 Å². The van der Waals surface area contributed by atoms with Crippen molar-refractivity contribution in [1.29, 1.82) is 0 Å². The highest BCUT2D eigenvalue weighted by Gasteiger charge is 2.17. The summed E-state index contributed by atoms with van der Waals surface area (Å²) in [6.07, 6.45) is 2.90. The summed E-state index contributed by atoms with van der Waals surface area (Å²) in [6.45, 7) is 8.56. The lowest BCUT2D eigenvalue weighted by Gasteiger charge is -2.23. The van der Waals surface area contributed by atoms with Gasteiger partial charge >= 0.3 is 0 Å². The predicted molar refractivity (Wildman–Crippen MR) is 77.8 cm³/mol. The van der Waals surface area contributed by atoms with Crippen molar-refractivity contribution in [2.75, 3.05) is 13.6 Å². The van der Waals surface area contributed by atoms with Gasteiger partial charge in [0.25, 0.3) is 0 Å². The Morgan fingerprint density at radius 3 is 2.42 bits per heavy atom. The van der Waals surface area contributed by atoms with Crippen LogP contribution in [0.2, 0.25) is 0 Å². The summed E-state index contributed by atoms with van der Waals surface area (Å²) in [5.74, 6) is 0.0740. The molecule has 0 saturated heterocycles. The molecule has 0 saturated carbocycles. The normalized spacial score (nSPS) is 11.8. The summed E-state index contributed by atoms with van der Waals surface area (Å²) < 4.78 is 0. The lowest BCUT2D eigenvalue weighted by molar-refractivity contribution is -0.121. The van der Waals surface area contributed by atoms with Crippen LogP contribution in [0.3, 0.4) is 0 Å². The molecule has 0 aromatic carbocycles. The van der Waals surface area contributed by atoms with Crippen LogP contribution in [0.15, 0.2) is 5.11 Å². The number of azide groups is 1. The summed E-state index contributed by atoms with van der Waals surface area (Å²) in [5.41, 5.74) is 8.00. The first-order chi connectivity index (χ1) is 8.72. The third kappa shape index (κ3) is 9.33. The summed E-state index contributed by atoms with van der Waals surface area (Å²) in [5, 5.41) is 9.78. The molecule has 19 heavy (non-hydrogen) atoms.